The Hall–Kier alpha value is -2.90. The van der Waals surface area contributed by atoms with E-state index in [1.165, 1.54) is 12.5 Å². The van der Waals surface area contributed by atoms with Crippen LogP contribution in [0.3, 0.4) is 0 Å². The number of carboxylic acids is 1. The largest absolute Gasteiger partial charge is 0.478 e. The minimum Gasteiger partial charge on any atom is -0.478 e. The van der Waals surface area contributed by atoms with Crippen molar-refractivity contribution in [3.63, 3.8) is 0 Å². The van der Waals surface area contributed by atoms with E-state index in [0.717, 1.165) is 5.56 Å². The minimum absolute atomic E-state index is 0.0447. The first-order valence-electron chi connectivity index (χ1n) is 6.20. The molecule has 0 atom stereocenters. The van der Waals surface area contributed by atoms with Crippen LogP contribution in [0.15, 0.2) is 29.1 Å². The van der Waals surface area contributed by atoms with Crippen LogP contribution in [0.2, 0.25) is 0 Å². The molecule has 1 aromatic heterocycles. The van der Waals surface area contributed by atoms with Crippen LogP contribution in [0.1, 0.15) is 21.7 Å². The molecule has 0 fully saturated rings. The SMILES string of the molecule is Cc1ccc(NC(=O)NCCc2ncon2)c(C(=O)O)c1. The van der Waals surface area contributed by atoms with E-state index in [9.17, 15) is 9.59 Å². The van der Waals surface area contributed by atoms with Crippen LogP contribution >= 0.6 is 0 Å². The molecule has 0 unspecified atom stereocenters. The lowest BCUT2D eigenvalue weighted by Crippen LogP contribution is -2.31. The molecule has 3 N–H and O–H groups in total. The smallest absolute Gasteiger partial charge is 0.337 e. The number of carbonyl (C=O) groups excluding carboxylic acids is 1. The number of aromatic nitrogens is 2. The van der Waals surface area contributed by atoms with Gasteiger partial charge in [0.15, 0.2) is 5.82 Å². The van der Waals surface area contributed by atoms with Crippen molar-refractivity contribution in [1.29, 1.82) is 0 Å². The lowest BCUT2D eigenvalue weighted by Gasteiger charge is -2.10. The molecule has 8 nitrogen and oxygen atoms in total. The first-order valence-corrected chi connectivity index (χ1v) is 6.20. The van der Waals surface area contributed by atoms with E-state index in [4.69, 9.17) is 5.11 Å². The fourth-order valence-electron chi connectivity index (χ4n) is 1.70. The molecular weight excluding hydrogens is 276 g/mol. The van der Waals surface area contributed by atoms with Crippen molar-refractivity contribution >= 4 is 17.7 Å². The number of aryl methyl sites for hydroxylation is 1. The average molecular weight is 290 g/mol. The maximum absolute atomic E-state index is 11.7. The number of benzene rings is 1. The van der Waals surface area contributed by atoms with Gasteiger partial charge in [-0.3, -0.25) is 0 Å². The minimum atomic E-state index is -1.10. The molecular formula is C13H14N4O4. The fourth-order valence-corrected chi connectivity index (χ4v) is 1.70. The lowest BCUT2D eigenvalue weighted by molar-refractivity contribution is 0.0698. The quantitative estimate of drug-likeness (QED) is 0.767. The highest BCUT2D eigenvalue weighted by atomic mass is 16.5. The molecule has 1 heterocycles. The Morgan fingerprint density at radius 1 is 1.38 bits per heavy atom. The predicted octanol–water partition coefficient (Wildman–Crippen LogP) is 1.44. The molecule has 1 aromatic carbocycles. The monoisotopic (exact) mass is 290 g/mol. The number of anilines is 1. The Kier molecular flexibility index (Phi) is 4.50. The van der Waals surface area contributed by atoms with Gasteiger partial charge < -0.3 is 20.3 Å². The highest BCUT2D eigenvalue weighted by Gasteiger charge is 2.12. The number of nitrogens with zero attached hydrogens (tertiary/aromatic N) is 2. The second kappa shape index (κ2) is 6.51. The number of carboxylic acid groups (broad SMARTS) is 1. The maximum Gasteiger partial charge on any atom is 0.337 e. The average Bonchev–Trinajstić information content (AvgIpc) is 2.94. The van der Waals surface area contributed by atoms with Crippen molar-refractivity contribution in [3.8, 4) is 0 Å². The van der Waals surface area contributed by atoms with Crippen LogP contribution in [-0.4, -0.2) is 33.8 Å². The summed E-state index contributed by atoms with van der Waals surface area (Å²) in [7, 11) is 0. The van der Waals surface area contributed by atoms with Crippen molar-refractivity contribution in [2.75, 3.05) is 11.9 Å². The molecule has 2 amide bonds. The molecule has 0 bridgehead atoms. The Morgan fingerprint density at radius 2 is 2.19 bits per heavy atom. The molecule has 2 aromatic rings. The van der Waals surface area contributed by atoms with E-state index < -0.39 is 12.0 Å². The number of urea groups is 1. The van der Waals surface area contributed by atoms with Gasteiger partial charge in [-0.2, -0.15) is 4.98 Å². The van der Waals surface area contributed by atoms with Gasteiger partial charge in [-0.15, -0.1) is 0 Å². The highest BCUT2D eigenvalue weighted by molar-refractivity contribution is 6.00. The third kappa shape index (κ3) is 4.03. The van der Waals surface area contributed by atoms with Gasteiger partial charge >= 0.3 is 12.0 Å². The molecule has 110 valence electrons. The van der Waals surface area contributed by atoms with E-state index in [1.807, 2.05) is 0 Å². The molecule has 0 aliphatic heterocycles. The van der Waals surface area contributed by atoms with Gasteiger partial charge in [-0.25, -0.2) is 9.59 Å². The lowest BCUT2D eigenvalue weighted by atomic mass is 10.1. The zero-order chi connectivity index (χ0) is 15.2. The van der Waals surface area contributed by atoms with Gasteiger partial charge in [0.2, 0.25) is 6.39 Å². The van der Waals surface area contributed by atoms with Crippen LogP contribution in [0.4, 0.5) is 10.5 Å². The number of hydrogen-bond acceptors (Lipinski definition) is 5. The van der Waals surface area contributed by atoms with E-state index in [0.29, 0.717) is 18.8 Å². The molecule has 21 heavy (non-hydrogen) atoms. The van der Waals surface area contributed by atoms with Crippen LogP contribution in [0.5, 0.6) is 0 Å². The van der Waals surface area contributed by atoms with Gasteiger partial charge in [-0.05, 0) is 19.1 Å². The van der Waals surface area contributed by atoms with Crippen molar-refractivity contribution in [2.45, 2.75) is 13.3 Å². The molecule has 0 saturated carbocycles. The third-order valence-corrected chi connectivity index (χ3v) is 2.69. The summed E-state index contributed by atoms with van der Waals surface area (Å²) < 4.78 is 4.57. The fraction of sp³-hybridized carbons (Fsp3) is 0.231. The highest BCUT2D eigenvalue weighted by Crippen LogP contribution is 2.17. The number of rotatable bonds is 5. The van der Waals surface area contributed by atoms with Crippen molar-refractivity contribution < 1.29 is 19.2 Å². The van der Waals surface area contributed by atoms with Gasteiger partial charge in [0, 0.05) is 13.0 Å². The number of amides is 2. The summed E-state index contributed by atoms with van der Waals surface area (Å²) in [5, 5.41) is 17.8. The summed E-state index contributed by atoms with van der Waals surface area (Å²) in [6, 6.07) is 4.28. The zero-order valence-corrected chi connectivity index (χ0v) is 11.3. The van der Waals surface area contributed by atoms with Gasteiger partial charge in [0.25, 0.3) is 0 Å². The first-order chi connectivity index (χ1) is 10.1. The molecule has 0 aliphatic carbocycles. The van der Waals surface area contributed by atoms with Crippen molar-refractivity contribution in [3.05, 3.63) is 41.5 Å². The Balaban J connectivity index is 1.92. The predicted molar refractivity (Wildman–Crippen MR) is 73.2 cm³/mol. The summed E-state index contributed by atoms with van der Waals surface area (Å²) in [6.45, 7) is 2.08. The summed E-state index contributed by atoms with van der Waals surface area (Å²) in [5.41, 5.74) is 1.09. The van der Waals surface area contributed by atoms with Crippen LogP contribution in [0.25, 0.3) is 0 Å². The summed E-state index contributed by atoms with van der Waals surface area (Å²) >= 11 is 0. The van der Waals surface area contributed by atoms with Gasteiger partial charge in [0.05, 0.1) is 11.3 Å². The van der Waals surface area contributed by atoms with Crippen LogP contribution in [0, 0.1) is 6.92 Å². The third-order valence-electron chi connectivity index (χ3n) is 2.69. The van der Waals surface area contributed by atoms with E-state index in [-0.39, 0.29) is 11.3 Å². The molecule has 8 heteroatoms. The second-order valence-corrected chi connectivity index (χ2v) is 4.33. The maximum atomic E-state index is 11.7. The molecule has 2 rings (SSSR count). The Bertz CT molecular complexity index is 640. The van der Waals surface area contributed by atoms with Crippen LogP contribution in [-0.2, 0) is 6.42 Å². The van der Waals surface area contributed by atoms with E-state index >= 15 is 0 Å². The molecule has 0 radical (unpaired) electrons. The number of carbonyl (C=O) groups is 2. The molecule has 0 spiro atoms. The van der Waals surface area contributed by atoms with E-state index in [1.54, 1.807) is 19.1 Å². The Labute approximate surface area is 120 Å². The van der Waals surface area contributed by atoms with Crippen LogP contribution < -0.4 is 10.6 Å². The number of nitrogens with one attached hydrogen (secondary N) is 2. The molecule has 0 saturated heterocycles. The van der Waals surface area contributed by atoms with Crippen molar-refractivity contribution in [2.24, 2.45) is 0 Å². The summed E-state index contributed by atoms with van der Waals surface area (Å²) in [4.78, 5) is 26.7. The normalized spacial score (nSPS) is 10.1. The Morgan fingerprint density at radius 3 is 2.86 bits per heavy atom. The summed E-state index contributed by atoms with van der Waals surface area (Å²) in [5.74, 6) is -0.613. The number of hydrogen-bond donors (Lipinski definition) is 3. The second-order valence-electron chi connectivity index (χ2n) is 4.33. The zero-order valence-electron chi connectivity index (χ0n) is 11.3. The van der Waals surface area contributed by atoms with Gasteiger partial charge in [-0.1, -0.05) is 16.8 Å². The van der Waals surface area contributed by atoms with E-state index in [2.05, 4.69) is 25.3 Å². The molecule has 0 aliphatic rings. The van der Waals surface area contributed by atoms with Gasteiger partial charge in [0.1, 0.15) is 0 Å². The topological polar surface area (TPSA) is 117 Å². The number of aromatic carboxylic acids is 1. The first kappa shape index (κ1) is 14.5. The summed E-state index contributed by atoms with van der Waals surface area (Å²) in [6.07, 6.45) is 1.63. The van der Waals surface area contributed by atoms with Crippen molar-refractivity contribution in [1.82, 2.24) is 15.5 Å². The standard InChI is InChI=1S/C13H14N4O4/c1-8-2-3-10(9(6-8)12(18)19)16-13(20)14-5-4-11-15-7-21-17-11/h2-3,6-7H,4-5H2,1H3,(H,18,19)(H2,14,16,20).